The maximum atomic E-state index is 12.9. The van der Waals surface area contributed by atoms with E-state index < -0.39 is 11.7 Å². The zero-order valence-corrected chi connectivity index (χ0v) is 12.3. The van der Waals surface area contributed by atoms with E-state index in [2.05, 4.69) is 30.8 Å². The highest BCUT2D eigenvalue weighted by Crippen LogP contribution is 2.34. The van der Waals surface area contributed by atoms with Crippen LogP contribution in [0.3, 0.4) is 0 Å². The summed E-state index contributed by atoms with van der Waals surface area (Å²) >= 11 is 0. The van der Waals surface area contributed by atoms with Crippen LogP contribution < -0.4 is 10.6 Å². The Kier molecular flexibility index (Phi) is 3.55. The molecule has 0 atom stereocenters. The van der Waals surface area contributed by atoms with Crippen LogP contribution in [0.25, 0.3) is 10.9 Å². The van der Waals surface area contributed by atoms with E-state index in [4.69, 9.17) is 0 Å². The molecule has 6 nitrogen and oxygen atoms in total. The van der Waals surface area contributed by atoms with Gasteiger partial charge in [0.05, 0.1) is 17.4 Å². The van der Waals surface area contributed by atoms with Gasteiger partial charge in [-0.3, -0.25) is 5.10 Å². The molecule has 0 spiro atoms. The number of rotatable bonds is 3. The Balaban J connectivity index is 1.99. The van der Waals surface area contributed by atoms with E-state index in [0.717, 1.165) is 22.7 Å². The van der Waals surface area contributed by atoms with Crippen molar-refractivity contribution >= 4 is 28.4 Å². The number of nitrogens with one attached hydrogen (secondary N) is 3. The largest absolute Gasteiger partial charge is 0.421 e. The highest BCUT2D eigenvalue weighted by atomic mass is 19.4. The molecule has 1 aromatic carbocycles. The molecular weight excluding hydrogens is 309 g/mol. The Morgan fingerprint density at radius 3 is 2.65 bits per heavy atom. The minimum atomic E-state index is -4.52. The standard InChI is InChI=1S/C14H13F3N6/c1-7-3-4-10(8-5-20-23-11(7)8)21-13-19-6-9(14(15,16)17)12(18-2)22-13/h3-6H,1-2H3,(H,20,23)(H2,18,19,21,22). The van der Waals surface area contributed by atoms with Gasteiger partial charge in [0.2, 0.25) is 5.95 Å². The summed E-state index contributed by atoms with van der Waals surface area (Å²) in [4.78, 5) is 7.63. The summed E-state index contributed by atoms with van der Waals surface area (Å²) in [6.07, 6.45) is -2.13. The number of H-pyrrole nitrogens is 1. The lowest BCUT2D eigenvalue weighted by Crippen LogP contribution is -2.12. The first-order valence-electron chi connectivity index (χ1n) is 6.72. The van der Waals surface area contributed by atoms with Gasteiger partial charge >= 0.3 is 6.18 Å². The fraction of sp³-hybridized carbons (Fsp3) is 0.214. The molecule has 0 unspecified atom stereocenters. The molecule has 2 aromatic heterocycles. The molecular formula is C14H13F3N6. The van der Waals surface area contributed by atoms with Gasteiger partial charge in [0.1, 0.15) is 11.4 Å². The summed E-state index contributed by atoms with van der Waals surface area (Å²) in [5.41, 5.74) is 1.59. The molecule has 0 saturated heterocycles. The number of aryl methyl sites for hydroxylation is 1. The highest BCUT2D eigenvalue weighted by molar-refractivity contribution is 5.94. The lowest BCUT2D eigenvalue weighted by molar-refractivity contribution is -0.137. The van der Waals surface area contributed by atoms with E-state index in [1.54, 1.807) is 12.3 Å². The van der Waals surface area contributed by atoms with Gasteiger partial charge < -0.3 is 10.6 Å². The normalized spacial score (nSPS) is 11.7. The van der Waals surface area contributed by atoms with Crippen molar-refractivity contribution in [3.05, 3.63) is 35.7 Å². The molecule has 0 amide bonds. The average Bonchev–Trinajstić information content (AvgIpc) is 2.99. The third-order valence-corrected chi connectivity index (χ3v) is 3.40. The molecule has 9 heteroatoms. The second-order valence-electron chi connectivity index (χ2n) is 4.92. The summed E-state index contributed by atoms with van der Waals surface area (Å²) in [6.45, 7) is 1.93. The van der Waals surface area contributed by atoms with Crippen LogP contribution in [0.4, 0.5) is 30.6 Å². The first kappa shape index (κ1) is 15.1. The van der Waals surface area contributed by atoms with Crippen LogP contribution in [0.5, 0.6) is 0 Å². The first-order valence-corrected chi connectivity index (χ1v) is 6.72. The zero-order chi connectivity index (χ0) is 16.6. The smallest absolute Gasteiger partial charge is 0.372 e. The van der Waals surface area contributed by atoms with Gasteiger partial charge in [-0.1, -0.05) is 6.07 Å². The fourth-order valence-corrected chi connectivity index (χ4v) is 2.24. The van der Waals surface area contributed by atoms with Crippen molar-refractivity contribution in [1.29, 1.82) is 0 Å². The molecule has 0 radical (unpaired) electrons. The van der Waals surface area contributed by atoms with Crippen LogP contribution in [0.1, 0.15) is 11.1 Å². The van der Waals surface area contributed by atoms with Crippen LogP contribution in [-0.4, -0.2) is 27.2 Å². The SMILES string of the molecule is CNc1nc(Nc2ccc(C)c3[nH]ncc23)ncc1C(F)(F)F. The summed E-state index contributed by atoms with van der Waals surface area (Å²) in [5, 5.41) is 13.0. The van der Waals surface area contributed by atoms with Crippen molar-refractivity contribution in [3.8, 4) is 0 Å². The van der Waals surface area contributed by atoms with E-state index >= 15 is 0 Å². The maximum Gasteiger partial charge on any atom is 0.421 e. The van der Waals surface area contributed by atoms with Crippen LogP contribution in [0.2, 0.25) is 0 Å². The molecule has 3 aromatic rings. The quantitative estimate of drug-likeness (QED) is 0.688. The number of benzene rings is 1. The second-order valence-corrected chi connectivity index (χ2v) is 4.92. The van der Waals surface area contributed by atoms with Gasteiger partial charge in [-0.25, -0.2) is 4.98 Å². The van der Waals surface area contributed by atoms with Crippen molar-refractivity contribution in [2.75, 3.05) is 17.7 Å². The highest BCUT2D eigenvalue weighted by Gasteiger charge is 2.35. The number of aromatic nitrogens is 4. The number of aromatic amines is 1. The second kappa shape index (κ2) is 5.41. The molecule has 23 heavy (non-hydrogen) atoms. The molecule has 3 N–H and O–H groups in total. The minimum Gasteiger partial charge on any atom is -0.372 e. The topological polar surface area (TPSA) is 78.5 Å². The van der Waals surface area contributed by atoms with Gasteiger partial charge in [0.15, 0.2) is 0 Å². The summed E-state index contributed by atoms with van der Waals surface area (Å²) in [6, 6.07) is 3.67. The molecule has 0 fully saturated rings. The van der Waals surface area contributed by atoms with Crippen molar-refractivity contribution in [1.82, 2.24) is 20.2 Å². The molecule has 2 heterocycles. The van der Waals surface area contributed by atoms with E-state index in [0.29, 0.717) is 5.69 Å². The van der Waals surface area contributed by atoms with Crippen molar-refractivity contribution in [2.24, 2.45) is 0 Å². The number of anilines is 3. The minimum absolute atomic E-state index is 0.0636. The summed E-state index contributed by atoms with van der Waals surface area (Å²) in [5.74, 6) is -0.223. The maximum absolute atomic E-state index is 12.9. The predicted octanol–water partition coefficient (Wildman–Crippen LogP) is 3.47. The van der Waals surface area contributed by atoms with Gasteiger partial charge in [0.25, 0.3) is 0 Å². The van der Waals surface area contributed by atoms with Crippen LogP contribution in [0, 0.1) is 6.92 Å². The van der Waals surface area contributed by atoms with Gasteiger partial charge in [0, 0.05) is 18.6 Å². The van der Waals surface area contributed by atoms with Crippen LogP contribution in [-0.2, 0) is 6.18 Å². The van der Waals surface area contributed by atoms with E-state index in [1.165, 1.54) is 7.05 Å². The third-order valence-electron chi connectivity index (χ3n) is 3.40. The number of nitrogens with zero attached hydrogens (tertiary/aromatic N) is 3. The Bertz CT molecular complexity index is 855. The van der Waals surface area contributed by atoms with Crippen molar-refractivity contribution < 1.29 is 13.2 Å². The van der Waals surface area contributed by atoms with Gasteiger partial charge in [-0.15, -0.1) is 0 Å². The monoisotopic (exact) mass is 322 g/mol. The van der Waals surface area contributed by atoms with Gasteiger partial charge in [-0.05, 0) is 18.6 Å². The molecule has 0 aliphatic carbocycles. The Hall–Kier alpha value is -2.84. The Morgan fingerprint density at radius 2 is 1.96 bits per heavy atom. The number of halogens is 3. The summed E-state index contributed by atoms with van der Waals surface area (Å²) < 4.78 is 38.6. The van der Waals surface area contributed by atoms with Crippen LogP contribution in [0.15, 0.2) is 24.5 Å². The lowest BCUT2D eigenvalue weighted by Gasteiger charge is -2.13. The lowest BCUT2D eigenvalue weighted by atomic mass is 10.1. The molecule has 0 bridgehead atoms. The predicted molar refractivity (Wildman–Crippen MR) is 80.7 cm³/mol. The average molecular weight is 322 g/mol. The number of alkyl halides is 3. The first-order chi connectivity index (χ1) is 10.9. The number of hydrogen-bond acceptors (Lipinski definition) is 5. The summed E-state index contributed by atoms with van der Waals surface area (Å²) in [7, 11) is 1.38. The molecule has 0 aliphatic heterocycles. The Morgan fingerprint density at radius 1 is 1.17 bits per heavy atom. The molecule has 0 aliphatic rings. The van der Waals surface area contributed by atoms with E-state index in [-0.39, 0.29) is 11.8 Å². The number of fused-ring (bicyclic) bond motifs is 1. The van der Waals surface area contributed by atoms with Crippen molar-refractivity contribution in [2.45, 2.75) is 13.1 Å². The van der Waals surface area contributed by atoms with Crippen LogP contribution >= 0.6 is 0 Å². The molecule has 3 rings (SSSR count). The van der Waals surface area contributed by atoms with Crippen molar-refractivity contribution in [3.63, 3.8) is 0 Å². The molecule has 120 valence electrons. The molecule has 0 saturated carbocycles. The van der Waals surface area contributed by atoms with E-state index in [1.807, 2.05) is 13.0 Å². The van der Waals surface area contributed by atoms with Gasteiger partial charge in [-0.2, -0.15) is 23.3 Å². The van der Waals surface area contributed by atoms with E-state index in [9.17, 15) is 13.2 Å². The Labute approximate surface area is 129 Å². The third kappa shape index (κ3) is 2.77. The fourth-order valence-electron chi connectivity index (χ4n) is 2.24. The zero-order valence-electron chi connectivity index (χ0n) is 12.3. The number of hydrogen-bond donors (Lipinski definition) is 3.